The number of azide groups is 1. The molecular weight excluding hydrogens is 478 g/mol. The zero-order chi connectivity index (χ0) is 26.0. The van der Waals surface area contributed by atoms with E-state index in [0.29, 0.717) is 0 Å². The Bertz CT molecular complexity index is 1220. The fourth-order valence-corrected chi connectivity index (χ4v) is 3.93. The van der Waals surface area contributed by atoms with Crippen LogP contribution in [0.4, 0.5) is 0 Å². The summed E-state index contributed by atoms with van der Waals surface area (Å²) in [6.07, 6.45) is -4.80. The highest BCUT2D eigenvalue weighted by atomic mass is 16.7. The summed E-state index contributed by atoms with van der Waals surface area (Å²) < 4.78 is 23.2. The van der Waals surface area contributed by atoms with Crippen molar-refractivity contribution < 1.29 is 33.6 Å². The van der Waals surface area contributed by atoms with Crippen LogP contribution in [0.1, 0.15) is 26.3 Å². The predicted molar refractivity (Wildman–Crippen MR) is 131 cm³/mol. The van der Waals surface area contributed by atoms with Crippen LogP contribution in [0.25, 0.3) is 10.4 Å². The van der Waals surface area contributed by atoms with Crippen LogP contribution >= 0.6 is 0 Å². The highest BCUT2D eigenvalue weighted by molar-refractivity contribution is 5.90. The number of hydrogen-bond acceptors (Lipinski definition) is 8. The van der Waals surface area contributed by atoms with Crippen LogP contribution < -0.4 is 0 Å². The van der Waals surface area contributed by atoms with Crippen molar-refractivity contribution in [2.75, 3.05) is 6.61 Å². The van der Waals surface area contributed by atoms with Crippen LogP contribution in [0, 0.1) is 0 Å². The normalized spacial score (nSPS) is 22.9. The predicted octanol–water partition coefficient (Wildman–Crippen LogP) is 4.05. The van der Waals surface area contributed by atoms with E-state index in [1.807, 2.05) is 30.3 Å². The summed E-state index contributed by atoms with van der Waals surface area (Å²) in [5, 5.41) is 13.9. The second-order valence-electron chi connectivity index (χ2n) is 8.19. The van der Waals surface area contributed by atoms with E-state index in [1.165, 1.54) is 0 Å². The van der Waals surface area contributed by atoms with Crippen LogP contribution in [0.3, 0.4) is 0 Å². The molecule has 1 heterocycles. The molecule has 1 aliphatic heterocycles. The SMILES string of the molecule is [N-]=[N+]=N[C@H]1[C@H](OC(=O)c2ccccc2)O[C@H](CO)[C@@H](OCc2ccccc2)[C@@H]1OC(=O)c1ccccc1. The van der Waals surface area contributed by atoms with Gasteiger partial charge in [-0.3, -0.25) is 0 Å². The summed E-state index contributed by atoms with van der Waals surface area (Å²) in [5.74, 6) is -1.44. The molecule has 10 nitrogen and oxygen atoms in total. The lowest BCUT2D eigenvalue weighted by molar-refractivity contribution is -0.259. The zero-order valence-corrected chi connectivity index (χ0v) is 19.7. The largest absolute Gasteiger partial charge is 0.455 e. The zero-order valence-electron chi connectivity index (χ0n) is 19.7. The minimum Gasteiger partial charge on any atom is -0.455 e. The summed E-state index contributed by atoms with van der Waals surface area (Å²) in [6, 6.07) is 24.4. The lowest BCUT2D eigenvalue weighted by Gasteiger charge is -2.43. The first-order chi connectivity index (χ1) is 18.1. The van der Waals surface area contributed by atoms with Crippen molar-refractivity contribution in [3.63, 3.8) is 0 Å². The molecule has 0 spiro atoms. The van der Waals surface area contributed by atoms with Crippen molar-refractivity contribution in [2.45, 2.75) is 37.3 Å². The lowest BCUT2D eigenvalue weighted by Crippen LogP contribution is -2.61. The summed E-state index contributed by atoms with van der Waals surface area (Å²) in [6.45, 7) is -0.441. The molecule has 3 aromatic rings. The molecule has 0 bridgehead atoms. The van der Waals surface area contributed by atoms with Crippen molar-refractivity contribution >= 4 is 11.9 Å². The maximum Gasteiger partial charge on any atom is 0.340 e. The number of aliphatic hydroxyl groups excluding tert-OH is 1. The van der Waals surface area contributed by atoms with E-state index in [9.17, 15) is 20.2 Å². The van der Waals surface area contributed by atoms with Gasteiger partial charge in [-0.25, -0.2) is 9.59 Å². The second kappa shape index (κ2) is 12.7. The Labute approximate surface area is 213 Å². The standard InChI is InChI=1S/C27H25N3O7/c28-30-29-22-24(36-25(32)19-12-6-2-7-13-19)23(34-17-18-10-4-1-5-11-18)21(16-31)35-27(22)37-26(33)20-14-8-3-9-15-20/h1-15,21-24,27,31H,16-17H2/t21-,22-,23-,24-,27+/m1/s1. The van der Waals surface area contributed by atoms with Gasteiger partial charge in [0.15, 0.2) is 0 Å². The molecule has 37 heavy (non-hydrogen) atoms. The summed E-state index contributed by atoms with van der Waals surface area (Å²) >= 11 is 0. The number of ether oxygens (including phenoxy) is 4. The van der Waals surface area contributed by atoms with Gasteiger partial charge in [0.25, 0.3) is 0 Å². The summed E-state index contributed by atoms with van der Waals surface area (Å²) in [7, 11) is 0. The molecule has 190 valence electrons. The van der Waals surface area contributed by atoms with Gasteiger partial charge in [-0.05, 0) is 35.4 Å². The highest BCUT2D eigenvalue weighted by Gasteiger charge is 2.50. The van der Waals surface area contributed by atoms with Crippen LogP contribution in [-0.2, 0) is 25.6 Å². The van der Waals surface area contributed by atoms with E-state index in [0.717, 1.165) is 5.56 Å². The van der Waals surface area contributed by atoms with Gasteiger partial charge in [0.1, 0.15) is 24.4 Å². The fraction of sp³-hybridized carbons (Fsp3) is 0.259. The van der Waals surface area contributed by atoms with Gasteiger partial charge in [0.2, 0.25) is 6.29 Å². The Balaban J connectivity index is 1.64. The first-order valence-electron chi connectivity index (χ1n) is 11.6. The number of carbonyl (C=O) groups excluding carboxylic acids is 2. The number of nitrogens with zero attached hydrogens (tertiary/aromatic N) is 3. The molecule has 0 radical (unpaired) electrons. The van der Waals surface area contributed by atoms with E-state index < -0.39 is 49.2 Å². The molecule has 0 amide bonds. The third kappa shape index (κ3) is 6.52. The molecule has 4 rings (SSSR count). The van der Waals surface area contributed by atoms with E-state index in [2.05, 4.69) is 10.0 Å². The third-order valence-corrected chi connectivity index (χ3v) is 5.75. The molecule has 1 saturated heterocycles. The second-order valence-corrected chi connectivity index (χ2v) is 8.19. The number of rotatable bonds is 9. The molecule has 0 unspecified atom stereocenters. The Hall–Kier alpha value is -4.21. The van der Waals surface area contributed by atoms with Crippen molar-refractivity contribution in [3.05, 3.63) is 118 Å². The van der Waals surface area contributed by atoms with Crippen LogP contribution in [0.15, 0.2) is 96.1 Å². The van der Waals surface area contributed by atoms with Gasteiger partial charge >= 0.3 is 11.9 Å². The number of benzene rings is 3. The average molecular weight is 504 g/mol. The van der Waals surface area contributed by atoms with E-state index in [1.54, 1.807) is 60.7 Å². The number of hydrogen-bond donors (Lipinski definition) is 1. The Morgan fingerprint density at radius 3 is 1.92 bits per heavy atom. The lowest BCUT2D eigenvalue weighted by atomic mass is 9.96. The average Bonchev–Trinajstić information content (AvgIpc) is 2.95. The molecule has 3 aromatic carbocycles. The van der Waals surface area contributed by atoms with E-state index in [-0.39, 0.29) is 17.7 Å². The van der Waals surface area contributed by atoms with Gasteiger partial charge in [-0.2, -0.15) is 0 Å². The van der Waals surface area contributed by atoms with Crippen molar-refractivity contribution in [1.82, 2.24) is 0 Å². The minimum atomic E-state index is -1.45. The van der Waals surface area contributed by atoms with E-state index in [4.69, 9.17) is 18.9 Å². The molecule has 0 aliphatic carbocycles. The van der Waals surface area contributed by atoms with Gasteiger partial charge in [-0.15, -0.1) is 0 Å². The monoisotopic (exact) mass is 503 g/mol. The minimum absolute atomic E-state index is 0.0994. The van der Waals surface area contributed by atoms with Crippen molar-refractivity contribution in [3.8, 4) is 0 Å². The van der Waals surface area contributed by atoms with Crippen LogP contribution in [-0.4, -0.2) is 54.3 Å². The third-order valence-electron chi connectivity index (χ3n) is 5.75. The summed E-state index contributed by atoms with van der Waals surface area (Å²) in [5.41, 5.74) is 10.6. The molecule has 1 aliphatic rings. The van der Waals surface area contributed by atoms with Crippen molar-refractivity contribution in [1.29, 1.82) is 0 Å². The Morgan fingerprint density at radius 2 is 1.38 bits per heavy atom. The highest BCUT2D eigenvalue weighted by Crippen LogP contribution is 2.31. The number of aliphatic hydroxyl groups is 1. The van der Waals surface area contributed by atoms with Gasteiger partial charge in [0.05, 0.1) is 24.3 Å². The number of carbonyl (C=O) groups is 2. The number of esters is 2. The first-order valence-corrected chi connectivity index (χ1v) is 11.6. The molecular formula is C27H25N3O7. The van der Waals surface area contributed by atoms with Crippen LogP contribution in [0.5, 0.6) is 0 Å². The maximum atomic E-state index is 13.0. The molecule has 10 heteroatoms. The van der Waals surface area contributed by atoms with Crippen molar-refractivity contribution in [2.24, 2.45) is 5.11 Å². The fourth-order valence-electron chi connectivity index (χ4n) is 3.93. The van der Waals surface area contributed by atoms with E-state index >= 15 is 0 Å². The molecule has 5 atom stereocenters. The smallest absolute Gasteiger partial charge is 0.340 e. The molecule has 1 N–H and O–H groups in total. The Kier molecular flexibility index (Phi) is 8.85. The van der Waals surface area contributed by atoms with Gasteiger partial charge < -0.3 is 24.1 Å². The van der Waals surface area contributed by atoms with Crippen LogP contribution in [0.2, 0.25) is 0 Å². The Morgan fingerprint density at radius 1 is 0.838 bits per heavy atom. The molecule has 0 aromatic heterocycles. The molecule has 0 saturated carbocycles. The van der Waals surface area contributed by atoms with Gasteiger partial charge in [0, 0.05) is 4.91 Å². The molecule has 1 fully saturated rings. The quantitative estimate of drug-likeness (QED) is 0.201. The first kappa shape index (κ1) is 25.9. The van der Waals surface area contributed by atoms with Gasteiger partial charge in [-0.1, -0.05) is 71.8 Å². The topological polar surface area (TPSA) is 140 Å². The maximum absolute atomic E-state index is 13.0. The summed E-state index contributed by atoms with van der Waals surface area (Å²) in [4.78, 5) is 28.6.